The summed E-state index contributed by atoms with van der Waals surface area (Å²) in [5, 5.41) is 0. The number of nitrogens with one attached hydrogen (secondary N) is 2. The van der Waals surface area contributed by atoms with Crippen molar-refractivity contribution in [2.45, 2.75) is 12.5 Å². The van der Waals surface area contributed by atoms with E-state index in [9.17, 15) is 4.79 Å². The second kappa shape index (κ2) is 3.88. The lowest BCUT2D eigenvalue weighted by atomic mass is 10.0. The number of benzene rings is 1. The fraction of sp³-hybridized carbons (Fsp3) is 0.300. The lowest BCUT2D eigenvalue weighted by Crippen LogP contribution is -2.15. The standard InChI is InChI=1S/C10H14N4O/c11-4-3-7(12)6-1-2-8-9(5-6)14-10(15)13-8/h1-2,5,7H,3-4,11-12H2,(H2,13,14,15). The molecule has 1 aromatic carbocycles. The molecule has 1 atom stereocenters. The Kier molecular flexibility index (Phi) is 2.57. The molecule has 0 radical (unpaired) electrons. The Morgan fingerprint density at radius 2 is 2.00 bits per heavy atom. The molecule has 80 valence electrons. The molecule has 1 aromatic heterocycles. The van der Waals surface area contributed by atoms with Crippen molar-refractivity contribution in [2.24, 2.45) is 11.5 Å². The molecular weight excluding hydrogens is 192 g/mol. The average Bonchev–Trinajstić information content (AvgIpc) is 2.57. The number of nitrogens with two attached hydrogens (primary N) is 2. The molecule has 0 fully saturated rings. The van der Waals surface area contributed by atoms with Gasteiger partial charge in [0.15, 0.2) is 0 Å². The van der Waals surface area contributed by atoms with E-state index in [1.165, 1.54) is 0 Å². The summed E-state index contributed by atoms with van der Waals surface area (Å²) < 4.78 is 0. The van der Waals surface area contributed by atoms with Gasteiger partial charge < -0.3 is 21.4 Å². The van der Waals surface area contributed by atoms with Gasteiger partial charge in [-0.3, -0.25) is 0 Å². The summed E-state index contributed by atoms with van der Waals surface area (Å²) in [5.41, 5.74) is 13.7. The molecular formula is C10H14N4O. The second-order valence-corrected chi connectivity index (χ2v) is 3.57. The normalized spacial score (nSPS) is 13.2. The summed E-state index contributed by atoms with van der Waals surface area (Å²) in [6, 6.07) is 5.57. The zero-order valence-corrected chi connectivity index (χ0v) is 8.29. The number of aromatic amines is 2. The van der Waals surface area contributed by atoms with Gasteiger partial charge in [0.25, 0.3) is 0 Å². The Balaban J connectivity index is 2.41. The summed E-state index contributed by atoms with van der Waals surface area (Å²) in [7, 11) is 0. The minimum Gasteiger partial charge on any atom is -0.330 e. The van der Waals surface area contributed by atoms with E-state index in [-0.39, 0.29) is 11.7 Å². The lowest BCUT2D eigenvalue weighted by molar-refractivity contribution is 0.662. The third-order valence-electron chi connectivity index (χ3n) is 2.45. The molecule has 5 heteroatoms. The maximum absolute atomic E-state index is 11.0. The van der Waals surface area contributed by atoms with Crippen LogP contribution in [-0.2, 0) is 0 Å². The van der Waals surface area contributed by atoms with E-state index >= 15 is 0 Å². The van der Waals surface area contributed by atoms with Crippen molar-refractivity contribution < 1.29 is 0 Å². The first-order valence-electron chi connectivity index (χ1n) is 4.88. The number of fused-ring (bicyclic) bond motifs is 1. The van der Waals surface area contributed by atoms with Crippen LogP contribution in [0.3, 0.4) is 0 Å². The van der Waals surface area contributed by atoms with Crippen LogP contribution in [0.25, 0.3) is 11.0 Å². The number of H-pyrrole nitrogens is 2. The first-order valence-corrected chi connectivity index (χ1v) is 4.88. The molecule has 1 unspecified atom stereocenters. The van der Waals surface area contributed by atoms with Crippen molar-refractivity contribution in [1.29, 1.82) is 0 Å². The zero-order chi connectivity index (χ0) is 10.8. The third-order valence-corrected chi connectivity index (χ3v) is 2.45. The predicted octanol–water partition coefficient (Wildman–Crippen LogP) is 0.205. The fourth-order valence-electron chi connectivity index (χ4n) is 1.63. The Morgan fingerprint density at radius 1 is 1.27 bits per heavy atom. The molecule has 1 heterocycles. The molecule has 0 aliphatic heterocycles. The maximum Gasteiger partial charge on any atom is 0.323 e. The molecule has 0 amide bonds. The summed E-state index contributed by atoms with van der Waals surface area (Å²) in [6.07, 6.45) is 0.736. The monoisotopic (exact) mass is 206 g/mol. The number of rotatable bonds is 3. The highest BCUT2D eigenvalue weighted by atomic mass is 16.1. The topological polar surface area (TPSA) is 101 Å². The maximum atomic E-state index is 11.0. The van der Waals surface area contributed by atoms with E-state index in [4.69, 9.17) is 11.5 Å². The van der Waals surface area contributed by atoms with Crippen molar-refractivity contribution in [2.75, 3.05) is 6.54 Å². The van der Waals surface area contributed by atoms with Gasteiger partial charge in [0.05, 0.1) is 11.0 Å². The van der Waals surface area contributed by atoms with Crippen molar-refractivity contribution >= 4 is 11.0 Å². The van der Waals surface area contributed by atoms with E-state index in [1.54, 1.807) is 0 Å². The minimum atomic E-state index is -0.199. The number of hydrogen-bond donors (Lipinski definition) is 4. The molecule has 2 rings (SSSR count). The van der Waals surface area contributed by atoms with Crippen LogP contribution in [0.4, 0.5) is 0 Å². The van der Waals surface area contributed by atoms with E-state index in [2.05, 4.69) is 9.97 Å². The molecule has 0 aliphatic rings. The van der Waals surface area contributed by atoms with Crippen LogP contribution in [0, 0.1) is 0 Å². The predicted molar refractivity (Wildman–Crippen MR) is 59.5 cm³/mol. The quantitative estimate of drug-likeness (QED) is 0.577. The molecule has 5 nitrogen and oxygen atoms in total. The van der Waals surface area contributed by atoms with Gasteiger partial charge in [0, 0.05) is 6.04 Å². The molecule has 0 aliphatic carbocycles. The zero-order valence-electron chi connectivity index (χ0n) is 8.29. The highest BCUT2D eigenvalue weighted by molar-refractivity contribution is 5.75. The highest BCUT2D eigenvalue weighted by Crippen LogP contribution is 2.17. The Labute approximate surface area is 86.5 Å². The van der Waals surface area contributed by atoms with Crippen LogP contribution in [-0.4, -0.2) is 16.5 Å². The van der Waals surface area contributed by atoms with Gasteiger partial charge in [-0.15, -0.1) is 0 Å². The molecule has 0 spiro atoms. The first kappa shape index (κ1) is 9.95. The van der Waals surface area contributed by atoms with Crippen molar-refractivity contribution in [3.63, 3.8) is 0 Å². The van der Waals surface area contributed by atoms with E-state index in [0.29, 0.717) is 6.54 Å². The molecule has 0 bridgehead atoms. The SMILES string of the molecule is NCCC(N)c1ccc2[nH]c(=O)[nH]c2c1. The van der Waals surface area contributed by atoms with Gasteiger partial charge in [0.2, 0.25) is 0 Å². The van der Waals surface area contributed by atoms with E-state index in [0.717, 1.165) is 23.0 Å². The van der Waals surface area contributed by atoms with Crippen molar-refractivity contribution in [3.8, 4) is 0 Å². The summed E-state index contributed by atoms with van der Waals surface area (Å²) in [6.45, 7) is 0.558. The van der Waals surface area contributed by atoms with Crippen LogP contribution in [0.5, 0.6) is 0 Å². The van der Waals surface area contributed by atoms with Crippen LogP contribution in [0.15, 0.2) is 23.0 Å². The summed E-state index contributed by atoms with van der Waals surface area (Å²) >= 11 is 0. The number of aromatic nitrogens is 2. The Morgan fingerprint density at radius 3 is 2.73 bits per heavy atom. The second-order valence-electron chi connectivity index (χ2n) is 3.57. The van der Waals surface area contributed by atoms with Gasteiger partial charge in [-0.25, -0.2) is 4.79 Å². The summed E-state index contributed by atoms with van der Waals surface area (Å²) in [4.78, 5) is 16.4. The van der Waals surface area contributed by atoms with Crippen LogP contribution in [0.2, 0.25) is 0 Å². The first-order chi connectivity index (χ1) is 7.20. The van der Waals surface area contributed by atoms with Crippen molar-refractivity contribution in [3.05, 3.63) is 34.2 Å². The number of imidazole rings is 1. The Hall–Kier alpha value is -1.59. The average molecular weight is 206 g/mol. The number of hydrogen-bond acceptors (Lipinski definition) is 3. The largest absolute Gasteiger partial charge is 0.330 e. The molecule has 2 aromatic rings. The highest BCUT2D eigenvalue weighted by Gasteiger charge is 2.06. The van der Waals surface area contributed by atoms with Gasteiger partial charge in [0.1, 0.15) is 0 Å². The van der Waals surface area contributed by atoms with Gasteiger partial charge in [-0.1, -0.05) is 6.07 Å². The smallest absolute Gasteiger partial charge is 0.323 e. The molecule has 6 N–H and O–H groups in total. The van der Waals surface area contributed by atoms with E-state index in [1.807, 2.05) is 18.2 Å². The fourth-order valence-corrected chi connectivity index (χ4v) is 1.63. The van der Waals surface area contributed by atoms with Gasteiger partial charge in [-0.2, -0.15) is 0 Å². The van der Waals surface area contributed by atoms with Crippen LogP contribution >= 0.6 is 0 Å². The summed E-state index contributed by atoms with van der Waals surface area (Å²) in [5.74, 6) is 0. The molecule has 0 saturated heterocycles. The van der Waals surface area contributed by atoms with Gasteiger partial charge in [-0.05, 0) is 30.7 Å². The minimum absolute atomic E-state index is 0.0715. The molecule has 15 heavy (non-hydrogen) atoms. The van der Waals surface area contributed by atoms with E-state index < -0.39 is 0 Å². The molecule has 0 saturated carbocycles. The Bertz CT molecular complexity index is 513. The van der Waals surface area contributed by atoms with Crippen LogP contribution in [0.1, 0.15) is 18.0 Å². The van der Waals surface area contributed by atoms with Crippen LogP contribution < -0.4 is 17.2 Å². The lowest BCUT2D eigenvalue weighted by Gasteiger charge is -2.09. The van der Waals surface area contributed by atoms with Crippen molar-refractivity contribution in [1.82, 2.24) is 9.97 Å². The van der Waals surface area contributed by atoms with Gasteiger partial charge >= 0.3 is 5.69 Å². The third kappa shape index (κ3) is 1.93.